The van der Waals surface area contributed by atoms with E-state index in [-0.39, 0.29) is 39.9 Å². The third-order valence-corrected chi connectivity index (χ3v) is 7.45. The topological polar surface area (TPSA) is 9.23 Å². The molecule has 0 unspecified atom stereocenters. The minimum absolute atomic E-state index is 0.148. The number of unbranched alkanes of at least 4 members (excludes halogenated alkanes) is 2. The fourth-order valence-electron chi connectivity index (χ4n) is 5.08. The van der Waals surface area contributed by atoms with Gasteiger partial charge in [-0.3, -0.25) is 0 Å². The van der Waals surface area contributed by atoms with E-state index in [0.717, 1.165) is 73.7 Å². The third-order valence-electron chi connectivity index (χ3n) is 7.45. The molecule has 1 nitrogen and oxygen atoms in total. The summed E-state index contributed by atoms with van der Waals surface area (Å²) in [5.41, 5.74) is -0.614. The molecule has 0 fully saturated rings. The largest absolute Gasteiger partial charge is 0.429 e. The van der Waals surface area contributed by atoms with Crippen LogP contribution in [0.2, 0.25) is 0 Å². The zero-order valence-electron chi connectivity index (χ0n) is 24.2. The molecule has 0 radical (unpaired) electrons. The maximum Gasteiger partial charge on any atom is 0.426 e. The van der Waals surface area contributed by atoms with Gasteiger partial charge in [0.15, 0.2) is 17.5 Å². The summed E-state index contributed by atoms with van der Waals surface area (Å²) in [4.78, 5) is 0. The lowest BCUT2D eigenvalue weighted by Crippen LogP contribution is -2.22. The van der Waals surface area contributed by atoms with Crippen molar-refractivity contribution >= 4 is 0 Å². The average molecular weight is 645 g/mol. The lowest BCUT2D eigenvalue weighted by atomic mass is 9.95. The van der Waals surface area contributed by atoms with Gasteiger partial charge in [-0.2, -0.15) is 8.78 Å². The fourth-order valence-corrected chi connectivity index (χ4v) is 5.08. The zero-order chi connectivity index (χ0) is 33.2. The van der Waals surface area contributed by atoms with E-state index in [1.54, 1.807) is 12.1 Å². The maximum atomic E-state index is 15.2. The quantitative estimate of drug-likeness (QED) is 0.0835. The molecule has 0 aliphatic rings. The Morgan fingerprint density at radius 1 is 0.543 bits per heavy atom. The minimum Gasteiger partial charge on any atom is -0.429 e. The van der Waals surface area contributed by atoms with Crippen molar-refractivity contribution in [1.29, 1.82) is 0 Å². The molecule has 0 atom stereocenters. The highest BCUT2D eigenvalue weighted by Gasteiger charge is 2.35. The Morgan fingerprint density at radius 2 is 1.09 bits per heavy atom. The van der Waals surface area contributed by atoms with Gasteiger partial charge in [-0.25, -0.2) is 30.7 Å². The van der Waals surface area contributed by atoms with Crippen molar-refractivity contribution in [3.63, 3.8) is 0 Å². The molecule has 10 heteroatoms. The maximum absolute atomic E-state index is 15.2. The number of ether oxygens (including phenoxy) is 1. The molecular formula is C36H25F9O. The molecule has 0 amide bonds. The monoisotopic (exact) mass is 644 g/mol. The number of aryl methyl sites for hydroxylation is 1. The first kappa shape index (κ1) is 32.7. The summed E-state index contributed by atoms with van der Waals surface area (Å²) in [5.74, 6) is -9.90. The van der Waals surface area contributed by atoms with Gasteiger partial charge in [0.05, 0.1) is 11.1 Å². The first-order valence-electron chi connectivity index (χ1n) is 14.3. The van der Waals surface area contributed by atoms with E-state index in [0.29, 0.717) is 0 Å². The normalized spacial score (nSPS) is 11.6. The highest BCUT2D eigenvalue weighted by atomic mass is 19.3. The van der Waals surface area contributed by atoms with E-state index in [4.69, 9.17) is 0 Å². The number of alkyl halides is 2. The lowest BCUT2D eigenvalue weighted by molar-refractivity contribution is -0.185. The molecule has 5 aromatic rings. The average Bonchev–Trinajstić information content (AvgIpc) is 3.00. The van der Waals surface area contributed by atoms with Gasteiger partial charge in [-0.05, 0) is 71.5 Å². The van der Waals surface area contributed by atoms with Crippen molar-refractivity contribution in [1.82, 2.24) is 0 Å². The van der Waals surface area contributed by atoms with Crippen molar-refractivity contribution < 1.29 is 44.3 Å². The summed E-state index contributed by atoms with van der Waals surface area (Å²) in [6.45, 7) is 2.07. The number of hydrogen-bond acceptors (Lipinski definition) is 1. The van der Waals surface area contributed by atoms with E-state index in [1.165, 1.54) is 18.2 Å². The Balaban J connectivity index is 1.36. The van der Waals surface area contributed by atoms with Gasteiger partial charge in [-0.1, -0.05) is 56.2 Å². The number of benzene rings is 5. The van der Waals surface area contributed by atoms with Crippen molar-refractivity contribution in [2.24, 2.45) is 0 Å². The first-order valence-corrected chi connectivity index (χ1v) is 14.3. The standard InChI is InChI=1S/C36H25F9O/c1-2-3-4-5-20-6-12-26(28(37)14-20)22-9-13-27(29(38)15-22)23-16-30(39)34(31(40)17-23)21-7-10-24(11-8-21)36(44,45)46-25-18-32(41)35(43)33(42)19-25/h6-19H,2-5H2,1H3. The van der Waals surface area contributed by atoms with Gasteiger partial charge in [0.1, 0.15) is 29.0 Å². The number of halogens is 9. The van der Waals surface area contributed by atoms with Crippen LogP contribution in [-0.4, -0.2) is 0 Å². The second-order valence-electron chi connectivity index (χ2n) is 10.7. The molecule has 5 rings (SSSR count). The molecule has 0 aliphatic heterocycles. The first-order chi connectivity index (χ1) is 21.9. The predicted octanol–water partition coefficient (Wildman–Crippen LogP) is 11.5. The Morgan fingerprint density at radius 3 is 1.67 bits per heavy atom. The Hall–Kier alpha value is -4.73. The fraction of sp³-hybridized carbons (Fsp3) is 0.167. The van der Waals surface area contributed by atoms with Gasteiger partial charge in [0.25, 0.3) is 0 Å². The van der Waals surface area contributed by atoms with Crippen molar-refractivity contribution in [2.45, 2.75) is 38.7 Å². The van der Waals surface area contributed by atoms with E-state index in [2.05, 4.69) is 11.7 Å². The van der Waals surface area contributed by atoms with E-state index in [9.17, 15) is 26.3 Å². The summed E-state index contributed by atoms with van der Waals surface area (Å²) in [6.07, 6.45) is -0.457. The SMILES string of the molecule is CCCCCc1ccc(-c2ccc(-c3cc(F)c(-c4ccc(C(F)(F)Oc5cc(F)c(F)c(F)c5)cc4)c(F)c3)c(F)c2)c(F)c1. The molecule has 0 aliphatic carbocycles. The highest BCUT2D eigenvalue weighted by molar-refractivity contribution is 5.75. The molecule has 5 aromatic carbocycles. The molecule has 0 bridgehead atoms. The van der Waals surface area contributed by atoms with Crippen LogP contribution in [0.5, 0.6) is 5.75 Å². The van der Waals surface area contributed by atoms with Crippen LogP contribution in [0.25, 0.3) is 33.4 Å². The summed E-state index contributed by atoms with van der Waals surface area (Å²) in [6, 6.07) is 14.3. The van der Waals surface area contributed by atoms with Crippen LogP contribution in [0.4, 0.5) is 39.5 Å². The molecular weight excluding hydrogens is 619 g/mol. The lowest BCUT2D eigenvalue weighted by Gasteiger charge is -2.19. The van der Waals surface area contributed by atoms with Crippen molar-refractivity contribution in [2.75, 3.05) is 0 Å². The van der Waals surface area contributed by atoms with Crippen LogP contribution in [0.15, 0.2) is 84.9 Å². The second-order valence-corrected chi connectivity index (χ2v) is 10.7. The van der Waals surface area contributed by atoms with E-state index >= 15 is 13.2 Å². The molecule has 0 saturated carbocycles. The smallest absolute Gasteiger partial charge is 0.426 e. The number of rotatable bonds is 10. The molecule has 0 N–H and O–H groups in total. The van der Waals surface area contributed by atoms with E-state index in [1.807, 2.05) is 0 Å². The summed E-state index contributed by atoms with van der Waals surface area (Å²) < 4.78 is 134. The van der Waals surface area contributed by atoms with E-state index < -0.39 is 63.7 Å². The predicted molar refractivity (Wildman–Crippen MR) is 157 cm³/mol. The van der Waals surface area contributed by atoms with Gasteiger partial charge in [-0.15, -0.1) is 0 Å². The van der Waals surface area contributed by atoms with Crippen LogP contribution in [0.3, 0.4) is 0 Å². The van der Waals surface area contributed by atoms with Gasteiger partial charge in [0, 0.05) is 23.3 Å². The van der Waals surface area contributed by atoms with Gasteiger partial charge >= 0.3 is 6.11 Å². The van der Waals surface area contributed by atoms with Crippen LogP contribution in [-0.2, 0) is 12.5 Å². The molecule has 0 saturated heterocycles. The summed E-state index contributed by atoms with van der Waals surface area (Å²) in [5, 5.41) is 0. The molecule has 238 valence electrons. The molecule has 0 aromatic heterocycles. The highest BCUT2D eigenvalue weighted by Crippen LogP contribution is 2.37. The molecule has 46 heavy (non-hydrogen) atoms. The van der Waals surface area contributed by atoms with Crippen LogP contribution in [0, 0.1) is 40.7 Å². The third kappa shape index (κ3) is 6.90. The number of hydrogen-bond donors (Lipinski definition) is 0. The van der Waals surface area contributed by atoms with Crippen molar-refractivity contribution in [3.05, 3.63) is 137 Å². The molecule has 0 heterocycles. The Labute approximate surface area is 258 Å². The van der Waals surface area contributed by atoms with Gasteiger partial charge < -0.3 is 4.74 Å². The summed E-state index contributed by atoms with van der Waals surface area (Å²) in [7, 11) is 0. The summed E-state index contributed by atoms with van der Waals surface area (Å²) >= 11 is 0. The van der Waals surface area contributed by atoms with Crippen LogP contribution in [0.1, 0.15) is 37.3 Å². The Kier molecular flexibility index (Phi) is 9.46. The Bertz CT molecular complexity index is 1840. The minimum atomic E-state index is -4.15. The second kappa shape index (κ2) is 13.3. The van der Waals surface area contributed by atoms with Gasteiger partial charge in [0.2, 0.25) is 0 Å². The zero-order valence-corrected chi connectivity index (χ0v) is 24.2. The molecule has 0 spiro atoms. The van der Waals surface area contributed by atoms with Crippen LogP contribution >= 0.6 is 0 Å². The van der Waals surface area contributed by atoms with Crippen molar-refractivity contribution in [3.8, 4) is 39.1 Å². The van der Waals surface area contributed by atoms with Crippen LogP contribution < -0.4 is 4.74 Å².